The molecule has 2 amide bonds. The van der Waals surface area contributed by atoms with Crippen LogP contribution in [0.25, 0.3) is 0 Å². The Morgan fingerprint density at radius 1 is 1.14 bits per heavy atom. The second-order valence-corrected chi connectivity index (χ2v) is 8.33. The predicted octanol–water partition coefficient (Wildman–Crippen LogP) is 4.16. The molecule has 1 N–H and O–H groups in total. The summed E-state index contributed by atoms with van der Waals surface area (Å²) in [7, 11) is 0. The van der Waals surface area contributed by atoms with Crippen molar-refractivity contribution in [1.29, 1.82) is 0 Å². The topological polar surface area (TPSA) is 49.4 Å². The molecule has 0 spiro atoms. The molecule has 1 atom stereocenters. The average molecular weight is 417 g/mol. The van der Waals surface area contributed by atoms with E-state index in [2.05, 4.69) is 17.4 Å². The van der Waals surface area contributed by atoms with Gasteiger partial charge < -0.3 is 10.2 Å². The summed E-state index contributed by atoms with van der Waals surface area (Å²) in [4.78, 5) is 27.9. The summed E-state index contributed by atoms with van der Waals surface area (Å²) < 4.78 is 0. The molecule has 4 nitrogen and oxygen atoms in total. The average Bonchev–Trinajstić information content (AvgIpc) is 2.73. The van der Waals surface area contributed by atoms with E-state index in [-0.39, 0.29) is 17.7 Å². The van der Waals surface area contributed by atoms with Gasteiger partial charge in [-0.3, -0.25) is 9.59 Å². The molecule has 6 heteroatoms. The number of nitrogens with zero attached hydrogens (tertiary/aromatic N) is 1. The molecule has 2 aromatic carbocycles. The third-order valence-corrected chi connectivity index (χ3v) is 6.08. The predicted molar refractivity (Wildman–Crippen MR) is 115 cm³/mol. The normalized spacial score (nSPS) is 16.9. The van der Waals surface area contributed by atoms with Gasteiger partial charge in [-0.05, 0) is 54.5 Å². The molecular formula is C22H25ClN2O2S. The minimum Gasteiger partial charge on any atom is -0.352 e. The molecule has 1 aliphatic rings. The molecule has 148 valence electrons. The van der Waals surface area contributed by atoms with E-state index < -0.39 is 0 Å². The largest absolute Gasteiger partial charge is 0.352 e. The summed E-state index contributed by atoms with van der Waals surface area (Å²) in [5, 5.41) is 3.73. The first-order valence-corrected chi connectivity index (χ1v) is 11.1. The summed E-state index contributed by atoms with van der Waals surface area (Å²) in [5.74, 6) is 0.0111. The van der Waals surface area contributed by atoms with Crippen molar-refractivity contribution in [3.63, 3.8) is 0 Å². The number of likely N-dealkylation sites (tertiary alicyclic amines) is 1. The summed E-state index contributed by atoms with van der Waals surface area (Å²) in [6.45, 7) is 1.63. The van der Waals surface area contributed by atoms with E-state index in [1.54, 1.807) is 11.8 Å². The van der Waals surface area contributed by atoms with E-state index >= 15 is 0 Å². The number of carbonyl (C=O) groups excluding carboxylic acids is 2. The molecule has 1 aliphatic heterocycles. The van der Waals surface area contributed by atoms with Crippen molar-refractivity contribution in [2.75, 3.05) is 19.3 Å². The lowest BCUT2D eigenvalue weighted by Gasteiger charge is -2.32. The molecule has 2 aromatic rings. The van der Waals surface area contributed by atoms with E-state index in [9.17, 15) is 9.59 Å². The molecule has 1 heterocycles. The van der Waals surface area contributed by atoms with Gasteiger partial charge >= 0.3 is 0 Å². The van der Waals surface area contributed by atoms with E-state index in [1.807, 2.05) is 47.6 Å². The lowest BCUT2D eigenvalue weighted by Crippen LogP contribution is -2.46. The first kappa shape index (κ1) is 20.7. The maximum absolute atomic E-state index is 12.6. The molecule has 1 fully saturated rings. The number of amides is 2. The van der Waals surface area contributed by atoms with Crippen LogP contribution in [0.5, 0.6) is 0 Å². The third-order valence-electron chi connectivity index (χ3n) is 5.08. The smallest absolute Gasteiger partial charge is 0.225 e. The molecule has 0 bridgehead atoms. The van der Waals surface area contributed by atoms with Gasteiger partial charge in [-0.2, -0.15) is 0 Å². The minimum atomic E-state index is -0.145. The maximum atomic E-state index is 12.6. The van der Waals surface area contributed by atoms with Gasteiger partial charge in [0, 0.05) is 36.0 Å². The van der Waals surface area contributed by atoms with Crippen LogP contribution in [0, 0.1) is 5.92 Å². The van der Waals surface area contributed by atoms with Crippen LogP contribution in [0.2, 0.25) is 5.02 Å². The zero-order chi connectivity index (χ0) is 19.9. The molecule has 0 saturated carbocycles. The lowest BCUT2D eigenvalue weighted by atomic mass is 9.96. The zero-order valence-corrected chi connectivity index (χ0v) is 17.6. The third kappa shape index (κ3) is 5.76. The SMILES string of the molecule is CSc1ccc(CNC(=O)[C@@H]2CCC(=O)N(CCc3ccc(Cl)cc3)C2)cc1. The number of rotatable bonds is 7. The van der Waals surface area contributed by atoms with Crippen LogP contribution < -0.4 is 5.32 Å². The van der Waals surface area contributed by atoms with Crippen molar-refractivity contribution in [2.45, 2.75) is 30.7 Å². The molecular weight excluding hydrogens is 392 g/mol. The maximum Gasteiger partial charge on any atom is 0.225 e. The Morgan fingerprint density at radius 2 is 1.82 bits per heavy atom. The van der Waals surface area contributed by atoms with Crippen molar-refractivity contribution in [3.05, 3.63) is 64.7 Å². The van der Waals surface area contributed by atoms with Gasteiger partial charge in [0.25, 0.3) is 0 Å². The second-order valence-electron chi connectivity index (χ2n) is 7.02. The second kappa shape index (κ2) is 9.99. The van der Waals surface area contributed by atoms with Crippen molar-refractivity contribution in [1.82, 2.24) is 10.2 Å². The first-order valence-electron chi connectivity index (χ1n) is 9.48. The van der Waals surface area contributed by atoms with Gasteiger partial charge in [-0.1, -0.05) is 35.9 Å². The van der Waals surface area contributed by atoms with Crippen LogP contribution in [0.3, 0.4) is 0 Å². The quantitative estimate of drug-likeness (QED) is 0.689. The Balaban J connectivity index is 1.50. The number of nitrogens with one attached hydrogen (secondary N) is 1. The first-order chi connectivity index (χ1) is 13.5. The minimum absolute atomic E-state index is 0.0259. The van der Waals surface area contributed by atoms with Crippen LogP contribution in [0.15, 0.2) is 53.4 Å². The molecule has 0 unspecified atom stereocenters. The van der Waals surface area contributed by atoms with Crippen molar-refractivity contribution >= 4 is 35.2 Å². The zero-order valence-electron chi connectivity index (χ0n) is 16.0. The highest BCUT2D eigenvalue weighted by Gasteiger charge is 2.29. The molecule has 1 saturated heterocycles. The Bertz CT molecular complexity index is 808. The molecule has 0 aromatic heterocycles. The summed E-state index contributed by atoms with van der Waals surface area (Å²) >= 11 is 7.61. The summed E-state index contributed by atoms with van der Waals surface area (Å²) in [6, 6.07) is 15.9. The number of hydrogen-bond acceptors (Lipinski definition) is 3. The van der Waals surface area contributed by atoms with Crippen molar-refractivity contribution in [3.8, 4) is 0 Å². The van der Waals surface area contributed by atoms with Crippen LogP contribution in [-0.2, 0) is 22.6 Å². The van der Waals surface area contributed by atoms with Crippen molar-refractivity contribution < 1.29 is 9.59 Å². The molecule has 0 aliphatic carbocycles. The fourth-order valence-electron chi connectivity index (χ4n) is 3.34. The number of halogens is 1. The van der Waals surface area contributed by atoms with Gasteiger partial charge in [0.1, 0.15) is 0 Å². The Kier molecular flexibility index (Phi) is 7.40. The number of carbonyl (C=O) groups is 2. The number of thioether (sulfide) groups is 1. The molecule has 0 radical (unpaired) electrons. The van der Waals surface area contributed by atoms with Crippen molar-refractivity contribution in [2.24, 2.45) is 5.92 Å². The van der Waals surface area contributed by atoms with Gasteiger partial charge in [0.05, 0.1) is 5.92 Å². The molecule has 3 rings (SSSR count). The monoisotopic (exact) mass is 416 g/mol. The van der Waals surface area contributed by atoms with Crippen LogP contribution >= 0.6 is 23.4 Å². The Labute approximate surface area is 175 Å². The summed E-state index contributed by atoms with van der Waals surface area (Å²) in [5.41, 5.74) is 2.22. The van der Waals surface area contributed by atoms with E-state index in [0.717, 1.165) is 17.5 Å². The van der Waals surface area contributed by atoms with Gasteiger partial charge in [0.15, 0.2) is 0 Å². The van der Waals surface area contributed by atoms with Crippen LogP contribution in [-0.4, -0.2) is 36.1 Å². The number of hydrogen-bond donors (Lipinski definition) is 1. The standard InChI is InChI=1S/C22H25ClN2O2S/c1-28-20-9-4-17(5-10-20)14-24-22(27)18-6-11-21(26)25(15-18)13-12-16-2-7-19(23)8-3-16/h2-5,7-10,18H,6,11-15H2,1H3,(H,24,27)/t18-/m1/s1. The highest BCUT2D eigenvalue weighted by molar-refractivity contribution is 7.98. The van der Waals surface area contributed by atoms with Gasteiger partial charge in [0.2, 0.25) is 11.8 Å². The van der Waals surface area contributed by atoms with Crippen LogP contribution in [0.1, 0.15) is 24.0 Å². The number of piperidine rings is 1. The van der Waals surface area contributed by atoms with E-state index in [1.165, 1.54) is 4.90 Å². The number of benzene rings is 2. The lowest BCUT2D eigenvalue weighted by molar-refractivity contribution is -0.138. The van der Waals surface area contributed by atoms with Gasteiger partial charge in [-0.25, -0.2) is 0 Å². The Morgan fingerprint density at radius 3 is 2.50 bits per heavy atom. The van der Waals surface area contributed by atoms with E-state index in [0.29, 0.717) is 37.5 Å². The highest BCUT2D eigenvalue weighted by atomic mass is 35.5. The fraction of sp³-hybridized carbons (Fsp3) is 0.364. The summed E-state index contributed by atoms with van der Waals surface area (Å²) in [6.07, 6.45) is 3.85. The Hall–Kier alpha value is -1.98. The molecule has 28 heavy (non-hydrogen) atoms. The van der Waals surface area contributed by atoms with E-state index in [4.69, 9.17) is 11.6 Å². The highest BCUT2D eigenvalue weighted by Crippen LogP contribution is 2.19. The van der Waals surface area contributed by atoms with Gasteiger partial charge in [-0.15, -0.1) is 11.8 Å². The fourth-order valence-corrected chi connectivity index (χ4v) is 3.87. The van der Waals surface area contributed by atoms with Crippen LogP contribution in [0.4, 0.5) is 0 Å².